The Hall–Kier alpha value is -1.57. The average molecular weight is 339 g/mol. The summed E-state index contributed by atoms with van der Waals surface area (Å²) in [6, 6.07) is 5.07. The van der Waals surface area contributed by atoms with Crippen LogP contribution in [0.25, 0.3) is 0 Å². The maximum Gasteiger partial charge on any atom is 0.471 e. The van der Waals surface area contributed by atoms with Crippen molar-refractivity contribution in [3.63, 3.8) is 0 Å². The second-order valence-electron chi connectivity index (χ2n) is 3.71. The van der Waals surface area contributed by atoms with Crippen molar-refractivity contribution in [1.82, 2.24) is 5.32 Å². The molecule has 0 saturated heterocycles. The molecule has 0 bridgehead atoms. The van der Waals surface area contributed by atoms with E-state index in [0.717, 1.165) is 5.56 Å². The number of aryl methyl sites for hydroxylation is 1. The van der Waals surface area contributed by atoms with Gasteiger partial charge in [-0.1, -0.05) is 6.07 Å². The smallest absolute Gasteiger partial charge is 0.339 e. The van der Waals surface area contributed by atoms with Crippen LogP contribution in [0.1, 0.15) is 5.56 Å². The van der Waals surface area contributed by atoms with E-state index in [1.165, 1.54) is 5.32 Å². The third-order valence-electron chi connectivity index (χ3n) is 2.07. The van der Waals surface area contributed by atoms with Crippen LogP contribution < -0.4 is 10.6 Å². The molecule has 0 unspecified atom stereocenters. The van der Waals surface area contributed by atoms with Crippen LogP contribution in [-0.4, -0.2) is 24.5 Å². The number of carbonyl (C=O) groups is 2. The molecule has 19 heavy (non-hydrogen) atoms. The first-order valence-corrected chi connectivity index (χ1v) is 5.90. The molecular formula is C11H10BrF3N2O2. The Bertz CT molecular complexity index is 503. The zero-order chi connectivity index (χ0) is 14.6. The first-order chi connectivity index (χ1) is 8.70. The standard InChI is InChI=1S/C11H10BrF3N2O2/c1-6-2-3-8(7(12)4-6)17-9(18)5-16-10(19)11(13,14)15/h2-4H,5H2,1H3,(H,16,19)(H,17,18). The second kappa shape index (κ2) is 6.05. The summed E-state index contributed by atoms with van der Waals surface area (Å²) in [6.45, 7) is 1.10. The van der Waals surface area contributed by atoms with Crippen LogP contribution in [0.3, 0.4) is 0 Å². The van der Waals surface area contributed by atoms with E-state index in [0.29, 0.717) is 10.2 Å². The molecular weight excluding hydrogens is 329 g/mol. The molecule has 0 heterocycles. The molecule has 1 rings (SSSR count). The Labute approximate surface area is 115 Å². The minimum atomic E-state index is -5.00. The Kier molecular flexibility index (Phi) is 4.93. The third-order valence-corrected chi connectivity index (χ3v) is 2.72. The maximum atomic E-state index is 11.9. The van der Waals surface area contributed by atoms with Crippen LogP contribution in [-0.2, 0) is 9.59 Å². The van der Waals surface area contributed by atoms with Gasteiger partial charge < -0.3 is 10.6 Å². The summed E-state index contributed by atoms with van der Waals surface area (Å²) in [5, 5.41) is 3.86. The van der Waals surface area contributed by atoms with Gasteiger partial charge in [0.1, 0.15) is 0 Å². The number of halogens is 4. The van der Waals surface area contributed by atoms with Crippen molar-refractivity contribution >= 4 is 33.4 Å². The lowest BCUT2D eigenvalue weighted by Crippen LogP contribution is -2.41. The van der Waals surface area contributed by atoms with Crippen molar-refractivity contribution < 1.29 is 22.8 Å². The molecule has 0 spiro atoms. The van der Waals surface area contributed by atoms with E-state index in [2.05, 4.69) is 21.2 Å². The summed E-state index contributed by atoms with van der Waals surface area (Å²) in [6.07, 6.45) is -5.00. The topological polar surface area (TPSA) is 58.2 Å². The van der Waals surface area contributed by atoms with Gasteiger partial charge in [0.25, 0.3) is 0 Å². The fourth-order valence-corrected chi connectivity index (χ4v) is 1.77. The van der Waals surface area contributed by atoms with Crippen molar-refractivity contribution in [1.29, 1.82) is 0 Å². The molecule has 0 aromatic heterocycles. The SMILES string of the molecule is Cc1ccc(NC(=O)CNC(=O)C(F)(F)F)c(Br)c1. The summed E-state index contributed by atoms with van der Waals surface area (Å²) in [5.41, 5.74) is 1.37. The van der Waals surface area contributed by atoms with Gasteiger partial charge in [-0.2, -0.15) is 13.2 Å². The lowest BCUT2D eigenvalue weighted by Gasteiger charge is -2.10. The van der Waals surface area contributed by atoms with Gasteiger partial charge in [0.15, 0.2) is 0 Å². The van der Waals surface area contributed by atoms with Crippen molar-refractivity contribution in [3.8, 4) is 0 Å². The zero-order valence-corrected chi connectivity index (χ0v) is 11.4. The highest BCUT2D eigenvalue weighted by molar-refractivity contribution is 9.10. The summed E-state index contributed by atoms with van der Waals surface area (Å²) in [5.74, 6) is -2.90. The fourth-order valence-electron chi connectivity index (χ4n) is 1.18. The van der Waals surface area contributed by atoms with E-state index < -0.39 is 24.5 Å². The summed E-state index contributed by atoms with van der Waals surface area (Å²) >= 11 is 3.21. The van der Waals surface area contributed by atoms with E-state index >= 15 is 0 Å². The molecule has 0 fully saturated rings. The van der Waals surface area contributed by atoms with Crippen LogP contribution in [0, 0.1) is 6.92 Å². The molecule has 8 heteroatoms. The lowest BCUT2D eigenvalue weighted by atomic mass is 10.2. The van der Waals surface area contributed by atoms with E-state index in [9.17, 15) is 22.8 Å². The summed E-state index contributed by atoms with van der Waals surface area (Å²) in [7, 11) is 0. The number of alkyl halides is 3. The molecule has 0 saturated carbocycles. The van der Waals surface area contributed by atoms with Crippen LogP contribution in [0.2, 0.25) is 0 Å². The van der Waals surface area contributed by atoms with Gasteiger partial charge in [0.05, 0.1) is 12.2 Å². The predicted molar refractivity (Wildman–Crippen MR) is 66.6 cm³/mol. The van der Waals surface area contributed by atoms with Crippen LogP contribution >= 0.6 is 15.9 Å². The largest absolute Gasteiger partial charge is 0.471 e. The minimum absolute atomic E-state index is 0.414. The number of benzene rings is 1. The van der Waals surface area contributed by atoms with Gasteiger partial charge in [-0.25, -0.2) is 0 Å². The lowest BCUT2D eigenvalue weighted by molar-refractivity contribution is -0.173. The highest BCUT2D eigenvalue weighted by atomic mass is 79.9. The van der Waals surface area contributed by atoms with Crippen LogP contribution in [0.4, 0.5) is 18.9 Å². The molecule has 0 radical (unpaired) electrons. The monoisotopic (exact) mass is 338 g/mol. The molecule has 0 aliphatic heterocycles. The van der Waals surface area contributed by atoms with Crippen LogP contribution in [0.5, 0.6) is 0 Å². The summed E-state index contributed by atoms with van der Waals surface area (Å²) < 4.78 is 36.3. The number of carbonyl (C=O) groups excluding carboxylic acids is 2. The van der Waals surface area contributed by atoms with E-state index in [1.54, 1.807) is 18.2 Å². The number of rotatable bonds is 3. The third kappa shape index (κ3) is 4.90. The highest BCUT2D eigenvalue weighted by Gasteiger charge is 2.38. The fraction of sp³-hybridized carbons (Fsp3) is 0.273. The van der Waals surface area contributed by atoms with Gasteiger partial charge in [-0.3, -0.25) is 9.59 Å². The van der Waals surface area contributed by atoms with Crippen LogP contribution in [0.15, 0.2) is 22.7 Å². The molecule has 1 aromatic rings. The maximum absolute atomic E-state index is 11.9. The molecule has 2 amide bonds. The number of hydrogen-bond donors (Lipinski definition) is 2. The predicted octanol–water partition coefficient (Wildman–Crippen LogP) is 2.37. The van der Waals surface area contributed by atoms with Gasteiger partial charge in [-0.05, 0) is 40.5 Å². The number of nitrogens with one attached hydrogen (secondary N) is 2. The first-order valence-electron chi connectivity index (χ1n) is 5.11. The number of anilines is 1. The molecule has 4 nitrogen and oxygen atoms in total. The quantitative estimate of drug-likeness (QED) is 0.888. The molecule has 104 valence electrons. The van der Waals surface area contributed by atoms with Crippen molar-refractivity contribution in [2.24, 2.45) is 0 Å². The van der Waals surface area contributed by atoms with E-state index in [-0.39, 0.29) is 0 Å². The number of hydrogen-bond acceptors (Lipinski definition) is 2. The highest BCUT2D eigenvalue weighted by Crippen LogP contribution is 2.23. The van der Waals surface area contributed by atoms with Crippen molar-refractivity contribution in [3.05, 3.63) is 28.2 Å². The Balaban J connectivity index is 2.54. The van der Waals surface area contributed by atoms with Gasteiger partial charge in [-0.15, -0.1) is 0 Å². The average Bonchev–Trinajstić information content (AvgIpc) is 2.28. The second-order valence-corrected chi connectivity index (χ2v) is 4.57. The Morgan fingerprint density at radius 3 is 2.47 bits per heavy atom. The minimum Gasteiger partial charge on any atom is -0.339 e. The van der Waals surface area contributed by atoms with Gasteiger partial charge in [0, 0.05) is 4.47 Å². The molecule has 0 aliphatic rings. The van der Waals surface area contributed by atoms with Gasteiger partial charge in [0.2, 0.25) is 5.91 Å². The zero-order valence-electron chi connectivity index (χ0n) is 9.77. The normalized spacial score (nSPS) is 11.0. The number of amides is 2. The van der Waals surface area contributed by atoms with E-state index in [1.807, 2.05) is 6.92 Å². The molecule has 1 aromatic carbocycles. The first kappa shape index (κ1) is 15.5. The summed E-state index contributed by atoms with van der Waals surface area (Å²) in [4.78, 5) is 21.9. The Morgan fingerprint density at radius 2 is 1.95 bits per heavy atom. The van der Waals surface area contributed by atoms with Gasteiger partial charge >= 0.3 is 12.1 Å². The van der Waals surface area contributed by atoms with Crippen molar-refractivity contribution in [2.75, 3.05) is 11.9 Å². The van der Waals surface area contributed by atoms with Crippen molar-refractivity contribution in [2.45, 2.75) is 13.1 Å². The Morgan fingerprint density at radius 1 is 1.32 bits per heavy atom. The molecule has 0 aliphatic carbocycles. The van der Waals surface area contributed by atoms with E-state index in [4.69, 9.17) is 0 Å². The molecule has 2 N–H and O–H groups in total. The molecule has 0 atom stereocenters.